The van der Waals surface area contributed by atoms with Gasteiger partial charge < -0.3 is 4.57 Å². The van der Waals surface area contributed by atoms with Crippen LogP contribution in [-0.2, 0) is 22.4 Å². The third-order valence-electron chi connectivity index (χ3n) is 3.54. The van der Waals surface area contributed by atoms with Gasteiger partial charge in [-0.2, -0.15) is 0 Å². The molecule has 1 aromatic heterocycles. The minimum atomic E-state index is -3.42. The van der Waals surface area contributed by atoms with Crippen LogP contribution in [0.3, 0.4) is 0 Å². The molecule has 1 rings (SSSR count). The van der Waals surface area contributed by atoms with Crippen molar-refractivity contribution in [2.24, 2.45) is 5.92 Å². The van der Waals surface area contributed by atoms with Gasteiger partial charge in [0.05, 0.1) is 5.88 Å². The van der Waals surface area contributed by atoms with Crippen molar-refractivity contribution in [1.82, 2.24) is 8.87 Å². The van der Waals surface area contributed by atoms with Crippen molar-refractivity contribution in [2.45, 2.75) is 50.9 Å². The van der Waals surface area contributed by atoms with Crippen molar-refractivity contribution in [2.75, 3.05) is 13.6 Å². The molecule has 116 valence electrons. The molecule has 0 N–H and O–H groups in total. The summed E-state index contributed by atoms with van der Waals surface area (Å²) in [5, 5.41) is 0. The Morgan fingerprint density at radius 1 is 1.40 bits per heavy atom. The van der Waals surface area contributed by atoms with E-state index in [2.05, 4.69) is 20.8 Å². The molecule has 0 aliphatic heterocycles. The molecule has 1 aromatic rings. The first-order valence-electron chi connectivity index (χ1n) is 7.08. The van der Waals surface area contributed by atoms with Gasteiger partial charge in [-0.1, -0.05) is 27.2 Å². The van der Waals surface area contributed by atoms with Crippen LogP contribution in [0.1, 0.15) is 39.3 Å². The Bertz CT molecular complexity index is 525. The number of halogens is 1. The monoisotopic (exact) mass is 320 g/mol. The second-order valence-corrected chi connectivity index (χ2v) is 7.61. The van der Waals surface area contributed by atoms with Crippen LogP contribution < -0.4 is 0 Å². The van der Waals surface area contributed by atoms with Crippen molar-refractivity contribution < 1.29 is 8.42 Å². The van der Waals surface area contributed by atoms with Gasteiger partial charge in [0.1, 0.15) is 4.90 Å². The molecule has 1 unspecified atom stereocenters. The van der Waals surface area contributed by atoms with E-state index < -0.39 is 10.0 Å². The third-order valence-corrected chi connectivity index (χ3v) is 5.60. The molecule has 0 fully saturated rings. The molecule has 0 amide bonds. The van der Waals surface area contributed by atoms with Gasteiger partial charge in [-0.15, -0.1) is 11.6 Å². The minimum absolute atomic E-state index is 0.324. The number of rotatable bonds is 8. The van der Waals surface area contributed by atoms with Gasteiger partial charge in [0.15, 0.2) is 0 Å². The average Bonchev–Trinajstić information content (AvgIpc) is 2.82. The summed E-state index contributed by atoms with van der Waals surface area (Å²) in [6, 6.07) is 1.69. The van der Waals surface area contributed by atoms with Crippen LogP contribution in [0.2, 0.25) is 0 Å². The second-order valence-electron chi connectivity index (χ2n) is 5.29. The molecule has 0 saturated carbocycles. The van der Waals surface area contributed by atoms with E-state index in [1.54, 1.807) is 19.3 Å². The predicted octanol–water partition coefficient (Wildman–Crippen LogP) is 3.30. The van der Waals surface area contributed by atoms with E-state index in [1.807, 2.05) is 4.57 Å². The van der Waals surface area contributed by atoms with Crippen LogP contribution >= 0.6 is 11.6 Å². The molecule has 0 aliphatic carbocycles. The first kappa shape index (κ1) is 17.5. The van der Waals surface area contributed by atoms with Gasteiger partial charge in [0.2, 0.25) is 10.0 Å². The Morgan fingerprint density at radius 2 is 2.05 bits per heavy atom. The first-order valence-corrected chi connectivity index (χ1v) is 9.05. The largest absolute Gasteiger partial charge is 0.349 e. The second kappa shape index (κ2) is 7.48. The fraction of sp³-hybridized carbons (Fsp3) is 0.714. The molecule has 0 bridgehead atoms. The van der Waals surface area contributed by atoms with Crippen molar-refractivity contribution in [3.63, 3.8) is 0 Å². The molecular weight excluding hydrogens is 296 g/mol. The van der Waals surface area contributed by atoms with Crippen LogP contribution in [-0.4, -0.2) is 30.9 Å². The number of hydrogen-bond acceptors (Lipinski definition) is 2. The predicted molar refractivity (Wildman–Crippen MR) is 83.6 cm³/mol. The maximum absolute atomic E-state index is 12.5. The van der Waals surface area contributed by atoms with Gasteiger partial charge in [-0.05, 0) is 18.4 Å². The lowest BCUT2D eigenvalue weighted by Gasteiger charge is -2.19. The summed E-state index contributed by atoms with van der Waals surface area (Å²) in [5.41, 5.74) is 0.851. The quantitative estimate of drug-likeness (QED) is 0.690. The lowest BCUT2D eigenvalue weighted by atomic mass is 10.1. The summed E-state index contributed by atoms with van der Waals surface area (Å²) < 4.78 is 28.4. The van der Waals surface area contributed by atoms with Crippen molar-refractivity contribution in [3.8, 4) is 0 Å². The Hall–Kier alpha value is -0.520. The molecule has 4 nitrogen and oxygen atoms in total. The number of nitrogens with zero attached hydrogens (tertiary/aromatic N) is 2. The van der Waals surface area contributed by atoms with E-state index in [4.69, 9.17) is 11.6 Å². The fourth-order valence-corrected chi connectivity index (χ4v) is 3.66. The van der Waals surface area contributed by atoms with E-state index in [0.717, 1.165) is 25.1 Å². The molecule has 1 heterocycles. The molecule has 20 heavy (non-hydrogen) atoms. The van der Waals surface area contributed by atoms with E-state index in [-0.39, 0.29) is 0 Å². The highest BCUT2D eigenvalue weighted by atomic mass is 35.5. The van der Waals surface area contributed by atoms with Gasteiger partial charge >= 0.3 is 0 Å². The maximum atomic E-state index is 12.5. The molecule has 0 saturated heterocycles. The molecule has 0 aliphatic rings. The third kappa shape index (κ3) is 3.99. The summed E-state index contributed by atoms with van der Waals surface area (Å²) in [6.07, 6.45) is 3.61. The zero-order valence-corrected chi connectivity index (χ0v) is 14.3. The van der Waals surface area contributed by atoms with Crippen molar-refractivity contribution in [3.05, 3.63) is 18.0 Å². The Labute approximate surface area is 127 Å². The van der Waals surface area contributed by atoms with Crippen LogP contribution in [0.25, 0.3) is 0 Å². The highest BCUT2D eigenvalue weighted by Gasteiger charge is 2.24. The molecule has 0 spiro atoms. The number of sulfonamides is 1. The molecule has 1 atom stereocenters. The summed E-state index contributed by atoms with van der Waals surface area (Å²) in [4.78, 5) is 0.340. The number of hydrogen-bond donors (Lipinski definition) is 0. The molecule has 0 radical (unpaired) electrons. The first-order chi connectivity index (χ1) is 9.36. The highest BCUT2D eigenvalue weighted by molar-refractivity contribution is 7.89. The molecule has 0 aromatic carbocycles. The summed E-state index contributed by atoms with van der Waals surface area (Å²) in [7, 11) is -1.78. The average molecular weight is 321 g/mol. The number of aryl methyl sites for hydroxylation is 1. The maximum Gasteiger partial charge on any atom is 0.244 e. The van der Waals surface area contributed by atoms with Crippen LogP contribution in [0.5, 0.6) is 0 Å². The summed E-state index contributed by atoms with van der Waals surface area (Å²) in [5.74, 6) is 0.671. The van der Waals surface area contributed by atoms with Crippen molar-refractivity contribution in [1.29, 1.82) is 0 Å². The number of aromatic nitrogens is 1. The van der Waals surface area contributed by atoms with Gasteiger partial charge in [0, 0.05) is 32.0 Å². The van der Waals surface area contributed by atoms with Gasteiger partial charge in [-0.25, -0.2) is 12.7 Å². The Morgan fingerprint density at radius 3 is 2.55 bits per heavy atom. The van der Waals surface area contributed by atoms with Gasteiger partial charge in [0.25, 0.3) is 0 Å². The topological polar surface area (TPSA) is 42.3 Å². The normalized spacial score (nSPS) is 13.9. The zero-order chi connectivity index (χ0) is 15.3. The van der Waals surface area contributed by atoms with Crippen molar-refractivity contribution >= 4 is 21.6 Å². The zero-order valence-electron chi connectivity index (χ0n) is 12.8. The Balaban J connectivity index is 3.03. The lowest BCUT2D eigenvalue weighted by molar-refractivity contribution is 0.393. The van der Waals surface area contributed by atoms with Gasteiger partial charge in [-0.3, -0.25) is 0 Å². The van der Waals surface area contributed by atoms with E-state index in [9.17, 15) is 8.42 Å². The van der Waals surface area contributed by atoms with E-state index >= 15 is 0 Å². The van der Waals surface area contributed by atoms with E-state index in [0.29, 0.717) is 23.2 Å². The molecule has 6 heteroatoms. The fourth-order valence-electron chi connectivity index (χ4n) is 2.07. The summed E-state index contributed by atoms with van der Waals surface area (Å²) in [6.45, 7) is 7.49. The SMILES string of the molecule is CCCn1cc(S(=O)(=O)N(C)CC(C)CC)cc1CCl. The van der Waals surface area contributed by atoms with Crippen LogP contribution in [0.15, 0.2) is 17.2 Å². The van der Waals surface area contributed by atoms with E-state index in [1.165, 1.54) is 4.31 Å². The lowest BCUT2D eigenvalue weighted by Crippen LogP contribution is -2.30. The smallest absolute Gasteiger partial charge is 0.244 e. The van der Waals surface area contributed by atoms with Crippen LogP contribution in [0.4, 0.5) is 0 Å². The summed E-state index contributed by atoms with van der Waals surface area (Å²) >= 11 is 5.89. The highest BCUT2D eigenvalue weighted by Crippen LogP contribution is 2.21. The number of alkyl halides is 1. The Kier molecular flexibility index (Phi) is 6.55. The van der Waals surface area contributed by atoms with Crippen LogP contribution in [0, 0.1) is 5.92 Å². The molecular formula is C14H25ClN2O2S. The minimum Gasteiger partial charge on any atom is -0.349 e. The standard InChI is InChI=1S/C14H25ClN2O2S/c1-5-7-17-11-14(8-13(17)9-15)20(18,19)16(4)10-12(3)6-2/h8,11-12H,5-7,9-10H2,1-4H3.